The average molecular weight is 330 g/mol. The van der Waals surface area contributed by atoms with E-state index < -0.39 is 6.10 Å². The number of rotatable bonds is 2. The number of nitrogens with one attached hydrogen (secondary N) is 1. The van der Waals surface area contributed by atoms with Crippen LogP contribution in [0.2, 0.25) is 0 Å². The maximum Gasteiger partial charge on any atom is 0.270 e. The number of aromatic nitrogens is 1. The summed E-state index contributed by atoms with van der Waals surface area (Å²) < 4.78 is 11.3. The van der Waals surface area contributed by atoms with Gasteiger partial charge in [-0.2, -0.15) is 0 Å². The predicted octanol–water partition coefficient (Wildman–Crippen LogP) is 3.05. The number of hydrogen-bond acceptors (Lipinski definition) is 5. The van der Waals surface area contributed by atoms with Gasteiger partial charge >= 0.3 is 0 Å². The van der Waals surface area contributed by atoms with Crippen LogP contribution in [0.4, 0.5) is 5.13 Å². The van der Waals surface area contributed by atoms with E-state index in [9.17, 15) is 4.79 Å². The van der Waals surface area contributed by atoms with Crippen molar-refractivity contribution in [3.05, 3.63) is 34.8 Å². The van der Waals surface area contributed by atoms with E-state index in [0.717, 1.165) is 18.5 Å². The van der Waals surface area contributed by atoms with Gasteiger partial charge in [0, 0.05) is 4.88 Å². The molecule has 0 bridgehead atoms. The fourth-order valence-electron chi connectivity index (χ4n) is 2.93. The van der Waals surface area contributed by atoms with Crippen LogP contribution >= 0.6 is 11.3 Å². The molecular weight excluding hydrogens is 312 g/mol. The summed E-state index contributed by atoms with van der Waals surface area (Å²) in [6.45, 7) is 2.47. The zero-order valence-electron chi connectivity index (χ0n) is 12.9. The summed E-state index contributed by atoms with van der Waals surface area (Å²) in [5, 5.41) is 3.54. The van der Waals surface area contributed by atoms with Gasteiger partial charge in [-0.25, -0.2) is 4.98 Å². The van der Waals surface area contributed by atoms with Crippen molar-refractivity contribution in [3.8, 4) is 11.5 Å². The number of benzene rings is 1. The van der Waals surface area contributed by atoms with Gasteiger partial charge in [-0.05, 0) is 37.3 Å². The van der Waals surface area contributed by atoms with Crippen molar-refractivity contribution >= 4 is 22.4 Å². The van der Waals surface area contributed by atoms with Crippen molar-refractivity contribution < 1.29 is 14.3 Å². The quantitative estimate of drug-likeness (QED) is 0.919. The third-order valence-electron chi connectivity index (χ3n) is 4.22. The molecule has 6 heteroatoms. The van der Waals surface area contributed by atoms with Gasteiger partial charge in [0.1, 0.15) is 6.61 Å². The van der Waals surface area contributed by atoms with Gasteiger partial charge in [0.25, 0.3) is 5.91 Å². The Balaban J connectivity index is 1.45. The number of hydrogen-bond donors (Lipinski definition) is 1. The van der Waals surface area contributed by atoms with E-state index in [1.54, 1.807) is 17.4 Å². The fraction of sp³-hybridized carbons (Fsp3) is 0.412. The molecule has 2 aromatic rings. The number of carbonyl (C=O) groups excluding carboxylic acids is 1. The molecule has 1 aliphatic carbocycles. The number of ether oxygens (including phenoxy) is 2. The normalized spacial score (nSPS) is 22.3. The number of para-hydroxylation sites is 2. The van der Waals surface area contributed by atoms with Crippen LogP contribution in [0.5, 0.6) is 11.5 Å². The molecule has 0 saturated carbocycles. The Morgan fingerprint density at radius 2 is 2.17 bits per heavy atom. The van der Waals surface area contributed by atoms with E-state index in [1.807, 2.05) is 18.2 Å². The number of anilines is 1. The number of nitrogens with zero attached hydrogens (tertiary/aromatic N) is 1. The largest absolute Gasteiger partial charge is 0.485 e. The van der Waals surface area contributed by atoms with Crippen LogP contribution in [-0.2, 0) is 17.6 Å². The number of amides is 1. The lowest BCUT2D eigenvalue weighted by atomic mass is 9.93. The van der Waals surface area contributed by atoms with E-state index in [2.05, 4.69) is 17.2 Å². The minimum absolute atomic E-state index is 0.210. The first-order valence-electron chi connectivity index (χ1n) is 7.87. The summed E-state index contributed by atoms with van der Waals surface area (Å²) >= 11 is 1.58. The highest BCUT2D eigenvalue weighted by molar-refractivity contribution is 7.15. The fourth-order valence-corrected chi connectivity index (χ4v) is 4.10. The number of thiazole rings is 1. The lowest BCUT2D eigenvalue weighted by Gasteiger charge is -2.25. The minimum Gasteiger partial charge on any atom is -0.485 e. The Morgan fingerprint density at radius 3 is 3.04 bits per heavy atom. The van der Waals surface area contributed by atoms with Crippen LogP contribution in [0.25, 0.3) is 0 Å². The molecule has 1 amide bonds. The summed E-state index contributed by atoms with van der Waals surface area (Å²) in [6, 6.07) is 7.37. The Morgan fingerprint density at radius 1 is 1.35 bits per heavy atom. The van der Waals surface area contributed by atoms with E-state index in [4.69, 9.17) is 9.47 Å². The van der Waals surface area contributed by atoms with Crippen molar-refractivity contribution in [2.75, 3.05) is 11.9 Å². The molecule has 120 valence electrons. The van der Waals surface area contributed by atoms with Crippen LogP contribution in [0.15, 0.2) is 24.3 Å². The van der Waals surface area contributed by atoms with Crippen molar-refractivity contribution in [2.45, 2.75) is 32.3 Å². The van der Waals surface area contributed by atoms with Gasteiger partial charge in [-0.3, -0.25) is 10.1 Å². The van der Waals surface area contributed by atoms with E-state index in [0.29, 0.717) is 22.5 Å². The molecule has 1 aromatic heterocycles. The zero-order valence-corrected chi connectivity index (χ0v) is 13.7. The van der Waals surface area contributed by atoms with Crippen molar-refractivity contribution in [3.63, 3.8) is 0 Å². The first kappa shape index (κ1) is 14.5. The van der Waals surface area contributed by atoms with Gasteiger partial charge in [-0.1, -0.05) is 19.1 Å². The molecule has 4 rings (SSSR count). The second-order valence-electron chi connectivity index (χ2n) is 6.09. The molecule has 2 aliphatic rings. The van der Waals surface area contributed by atoms with E-state index in [1.165, 1.54) is 11.3 Å². The van der Waals surface area contributed by atoms with Gasteiger partial charge in [0.05, 0.1) is 5.69 Å². The Hall–Kier alpha value is -2.08. The average Bonchev–Trinajstić information content (AvgIpc) is 2.95. The molecule has 1 aromatic carbocycles. The second-order valence-corrected chi connectivity index (χ2v) is 7.17. The zero-order chi connectivity index (χ0) is 15.8. The van der Waals surface area contributed by atoms with Crippen molar-refractivity contribution in [1.82, 2.24) is 4.98 Å². The van der Waals surface area contributed by atoms with Crippen molar-refractivity contribution in [2.24, 2.45) is 5.92 Å². The smallest absolute Gasteiger partial charge is 0.270 e. The molecule has 0 saturated heterocycles. The van der Waals surface area contributed by atoms with Gasteiger partial charge in [0.2, 0.25) is 6.10 Å². The van der Waals surface area contributed by atoms with Crippen LogP contribution in [0, 0.1) is 5.92 Å². The van der Waals surface area contributed by atoms with Crippen molar-refractivity contribution in [1.29, 1.82) is 0 Å². The summed E-state index contributed by atoms with van der Waals surface area (Å²) in [6.07, 6.45) is 2.57. The molecule has 0 unspecified atom stereocenters. The van der Waals surface area contributed by atoms with Crippen LogP contribution in [0.3, 0.4) is 0 Å². The monoisotopic (exact) mass is 330 g/mol. The highest BCUT2D eigenvalue weighted by Crippen LogP contribution is 2.33. The topological polar surface area (TPSA) is 60.5 Å². The maximum absolute atomic E-state index is 12.4. The molecule has 1 N–H and O–H groups in total. The molecule has 5 nitrogen and oxygen atoms in total. The number of aryl methyl sites for hydroxylation is 1. The lowest BCUT2D eigenvalue weighted by molar-refractivity contribution is -0.125. The van der Waals surface area contributed by atoms with Crippen LogP contribution < -0.4 is 14.8 Å². The first-order chi connectivity index (χ1) is 11.2. The number of fused-ring (bicyclic) bond motifs is 2. The second kappa shape index (κ2) is 5.85. The Labute approximate surface area is 138 Å². The van der Waals surface area contributed by atoms with Crippen LogP contribution in [-0.4, -0.2) is 23.6 Å². The Kier molecular flexibility index (Phi) is 3.69. The third-order valence-corrected chi connectivity index (χ3v) is 5.25. The minimum atomic E-state index is -0.648. The van der Waals surface area contributed by atoms with E-state index in [-0.39, 0.29) is 12.5 Å². The summed E-state index contributed by atoms with van der Waals surface area (Å²) in [5.41, 5.74) is 1.13. The molecule has 0 fully saturated rings. The predicted molar refractivity (Wildman–Crippen MR) is 88.3 cm³/mol. The molecule has 2 atom stereocenters. The van der Waals surface area contributed by atoms with Gasteiger partial charge < -0.3 is 9.47 Å². The molecule has 0 radical (unpaired) electrons. The van der Waals surface area contributed by atoms with E-state index >= 15 is 0 Å². The standard InChI is InChI=1S/C17H18N2O3S/c1-10-6-7-11-15(8-10)23-17(18-11)19-16(20)14-9-21-12-4-2-3-5-13(12)22-14/h2-5,10,14H,6-9H2,1H3,(H,18,19,20)/t10-,14-/m1/s1. The highest BCUT2D eigenvalue weighted by Gasteiger charge is 2.28. The molecule has 0 spiro atoms. The summed E-state index contributed by atoms with van der Waals surface area (Å²) in [4.78, 5) is 18.3. The Bertz CT molecular complexity index is 743. The summed E-state index contributed by atoms with van der Waals surface area (Å²) in [7, 11) is 0. The molecular formula is C17H18N2O3S. The first-order valence-corrected chi connectivity index (χ1v) is 8.68. The molecule has 2 heterocycles. The molecule has 23 heavy (non-hydrogen) atoms. The lowest BCUT2D eigenvalue weighted by Crippen LogP contribution is -2.40. The van der Waals surface area contributed by atoms with Gasteiger partial charge in [0.15, 0.2) is 16.6 Å². The highest BCUT2D eigenvalue weighted by atomic mass is 32.1. The maximum atomic E-state index is 12.4. The van der Waals surface area contributed by atoms with Crippen LogP contribution in [0.1, 0.15) is 23.9 Å². The van der Waals surface area contributed by atoms with Gasteiger partial charge in [-0.15, -0.1) is 11.3 Å². The summed E-state index contributed by atoms with van der Waals surface area (Å²) in [5.74, 6) is 1.76. The third kappa shape index (κ3) is 2.91. The number of carbonyl (C=O) groups is 1. The molecule has 1 aliphatic heterocycles. The SMILES string of the molecule is C[C@@H]1CCc2nc(NC(=O)[C@H]3COc4ccccc4O3)sc2C1.